The van der Waals surface area contributed by atoms with Gasteiger partial charge >= 0.3 is 0 Å². The van der Waals surface area contributed by atoms with Crippen molar-refractivity contribution in [3.8, 4) is 11.6 Å². The Hall–Kier alpha value is -2.26. The number of hydrogen-bond donors (Lipinski definition) is 2. The Morgan fingerprint density at radius 2 is 2.05 bits per heavy atom. The maximum Gasteiger partial charge on any atom is 0.274 e. The summed E-state index contributed by atoms with van der Waals surface area (Å²) in [5.41, 5.74) is 2.97. The standard InChI is InChI=1S/C12H12BrN5O3/c1-6-11(17-14)15-7(2)16-12(6)21-10-4-8(13)3-9(5-10)18(19)20/h3-5H,14H2,1-2H3,(H,15,16,17). The van der Waals surface area contributed by atoms with Gasteiger partial charge in [0.15, 0.2) is 0 Å². The molecule has 2 aromatic rings. The normalized spacial score (nSPS) is 10.3. The Morgan fingerprint density at radius 3 is 2.67 bits per heavy atom. The number of aromatic nitrogens is 2. The van der Waals surface area contributed by atoms with Gasteiger partial charge in [-0.25, -0.2) is 10.8 Å². The number of nitro groups is 1. The van der Waals surface area contributed by atoms with Crippen LogP contribution >= 0.6 is 15.9 Å². The van der Waals surface area contributed by atoms with Crippen LogP contribution < -0.4 is 16.0 Å². The highest BCUT2D eigenvalue weighted by molar-refractivity contribution is 9.10. The lowest BCUT2D eigenvalue weighted by Crippen LogP contribution is -2.12. The summed E-state index contributed by atoms with van der Waals surface area (Å²) in [5.74, 6) is 6.85. The third-order valence-corrected chi connectivity index (χ3v) is 3.09. The predicted molar refractivity (Wildman–Crippen MR) is 80.2 cm³/mol. The molecule has 8 nitrogen and oxygen atoms in total. The van der Waals surface area contributed by atoms with E-state index in [2.05, 4.69) is 31.3 Å². The van der Waals surface area contributed by atoms with E-state index in [0.717, 1.165) is 0 Å². The summed E-state index contributed by atoms with van der Waals surface area (Å²) >= 11 is 3.21. The van der Waals surface area contributed by atoms with Gasteiger partial charge in [-0.1, -0.05) is 15.9 Å². The van der Waals surface area contributed by atoms with Gasteiger partial charge < -0.3 is 10.2 Å². The number of benzene rings is 1. The Morgan fingerprint density at radius 1 is 1.33 bits per heavy atom. The average molecular weight is 354 g/mol. The highest BCUT2D eigenvalue weighted by Gasteiger charge is 2.14. The summed E-state index contributed by atoms with van der Waals surface area (Å²) in [7, 11) is 0. The van der Waals surface area contributed by atoms with Crippen LogP contribution in [0.3, 0.4) is 0 Å². The second kappa shape index (κ2) is 6.02. The van der Waals surface area contributed by atoms with Crippen molar-refractivity contribution in [1.82, 2.24) is 9.97 Å². The van der Waals surface area contributed by atoms with Crippen LogP contribution in [0, 0.1) is 24.0 Å². The van der Waals surface area contributed by atoms with Gasteiger partial charge in [0.2, 0.25) is 5.88 Å². The number of hydrogen-bond acceptors (Lipinski definition) is 7. The largest absolute Gasteiger partial charge is 0.438 e. The van der Waals surface area contributed by atoms with Crippen LogP contribution in [0.1, 0.15) is 11.4 Å². The maximum atomic E-state index is 10.9. The van der Waals surface area contributed by atoms with E-state index in [4.69, 9.17) is 10.6 Å². The van der Waals surface area contributed by atoms with Crippen LogP contribution in [0.4, 0.5) is 11.5 Å². The topological polar surface area (TPSA) is 116 Å². The SMILES string of the molecule is Cc1nc(NN)c(C)c(Oc2cc(Br)cc([N+](=O)[O-])c2)n1. The molecule has 2 rings (SSSR count). The number of hydrazine groups is 1. The van der Waals surface area contributed by atoms with Gasteiger partial charge in [-0.05, 0) is 19.9 Å². The highest BCUT2D eigenvalue weighted by Crippen LogP contribution is 2.31. The van der Waals surface area contributed by atoms with Crippen molar-refractivity contribution in [2.24, 2.45) is 5.84 Å². The molecule has 0 aliphatic rings. The second-order valence-electron chi connectivity index (χ2n) is 4.20. The van der Waals surface area contributed by atoms with E-state index in [1.807, 2.05) is 0 Å². The summed E-state index contributed by atoms with van der Waals surface area (Å²) in [6.45, 7) is 3.42. The van der Waals surface area contributed by atoms with Crippen LogP contribution in [-0.4, -0.2) is 14.9 Å². The lowest BCUT2D eigenvalue weighted by molar-refractivity contribution is -0.385. The van der Waals surface area contributed by atoms with Crippen molar-refractivity contribution in [2.45, 2.75) is 13.8 Å². The zero-order valence-corrected chi connectivity index (χ0v) is 12.8. The first kappa shape index (κ1) is 15.1. The van der Waals surface area contributed by atoms with Crippen molar-refractivity contribution >= 4 is 27.4 Å². The molecule has 1 aromatic heterocycles. The van der Waals surface area contributed by atoms with Crippen molar-refractivity contribution in [3.05, 3.63) is 44.2 Å². The summed E-state index contributed by atoms with van der Waals surface area (Å²) in [4.78, 5) is 18.6. The average Bonchev–Trinajstić information content (AvgIpc) is 2.41. The zero-order valence-electron chi connectivity index (χ0n) is 11.3. The smallest absolute Gasteiger partial charge is 0.274 e. The lowest BCUT2D eigenvalue weighted by atomic mass is 10.3. The van der Waals surface area contributed by atoms with Gasteiger partial charge in [0.1, 0.15) is 17.4 Å². The molecule has 0 radical (unpaired) electrons. The molecule has 21 heavy (non-hydrogen) atoms. The first-order valence-electron chi connectivity index (χ1n) is 5.85. The van der Waals surface area contributed by atoms with Crippen molar-refractivity contribution < 1.29 is 9.66 Å². The van der Waals surface area contributed by atoms with Crippen molar-refractivity contribution in [2.75, 3.05) is 5.43 Å². The number of nitrogens with one attached hydrogen (secondary N) is 1. The molecule has 3 N–H and O–H groups in total. The van der Waals surface area contributed by atoms with Crippen LogP contribution in [0.5, 0.6) is 11.6 Å². The molecule has 1 heterocycles. The minimum Gasteiger partial charge on any atom is -0.438 e. The first-order chi connectivity index (χ1) is 9.90. The monoisotopic (exact) mass is 353 g/mol. The molecular weight excluding hydrogens is 342 g/mol. The third-order valence-electron chi connectivity index (χ3n) is 2.63. The minimum atomic E-state index is -0.497. The van der Waals surface area contributed by atoms with Crippen LogP contribution in [-0.2, 0) is 0 Å². The van der Waals surface area contributed by atoms with Crippen LogP contribution in [0.2, 0.25) is 0 Å². The number of non-ortho nitro benzene ring substituents is 1. The molecule has 0 fully saturated rings. The molecule has 0 aliphatic heterocycles. The summed E-state index contributed by atoms with van der Waals surface area (Å²) in [6, 6.07) is 4.31. The van der Waals surface area contributed by atoms with Gasteiger partial charge in [-0.2, -0.15) is 4.98 Å². The number of nitrogens with zero attached hydrogens (tertiary/aromatic N) is 3. The summed E-state index contributed by atoms with van der Waals surface area (Å²) < 4.78 is 6.16. The van der Waals surface area contributed by atoms with Gasteiger partial charge in [0.25, 0.3) is 5.69 Å². The lowest BCUT2D eigenvalue weighted by Gasteiger charge is -2.11. The Kier molecular flexibility index (Phi) is 4.34. The third kappa shape index (κ3) is 3.44. The molecule has 0 unspecified atom stereocenters. The summed E-state index contributed by atoms with van der Waals surface area (Å²) in [6.07, 6.45) is 0. The number of nitrogens with two attached hydrogens (primary N) is 1. The number of rotatable bonds is 4. The number of nitrogen functional groups attached to an aromatic ring is 1. The molecule has 9 heteroatoms. The minimum absolute atomic E-state index is 0.0834. The fourth-order valence-electron chi connectivity index (χ4n) is 1.67. The molecule has 0 atom stereocenters. The van der Waals surface area contributed by atoms with Gasteiger partial charge in [0, 0.05) is 10.5 Å². The molecule has 0 amide bonds. The fourth-order valence-corrected chi connectivity index (χ4v) is 2.13. The molecule has 0 aliphatic carbocycles. The number of ether oxygens (including phenoxy) is 1. The highest BCUT2D eigenvalue weighted by atomic mass is 79.9. The zero-order chi connectivity index (χ0) is 15.6. The molecule has 110 valence electrons. The Balaban J connectivity index is 2.43. The van der Waals surface area contributed by atoms with Gasteiger partial charge in [-0.3, -0.25) is 10.1 Å². The van der Waals surface area contributed by atoms with E-state index in [-0.39, 0.29) is 11.6 Å². The summed E-state index contributed by atoms with van der Waals surface area (Å²) in [5, 5.41) is 10.9. The quantitative estimate of drug-likeness (QED) is 0.493. The number of anilines is 1. The van der Waals surface area contributed by atoms with Gasteiger partial charge in [-0.15, -0.1) is 0 Å². The van der Waals surface area contributed by atoms with Crippen LogP contribution in [0.25, 0.3) is 0 Å². The molecule has 0 bridgehead atoms. The van der Waals surface area contributed by atoms with E-state index in [1.165, 1.54) is 12.1 Å². The molecule has 0 saturated heterocycles. The van der Waals surface area contributed by atoms with Crippen molar-refractivity contribution in [3.63, 3.8) is 0 Å². The number of halogens is 1. The van der Waals surface area contributed by atoms with Crippen LogP contribution in [0.15, 0.2) is 22.7 Å². The molecule has 1 aromatic carbocycles. The van der Waals surface area contributed by atoms with E-state index in [9.17, 15) is 10.1 Å². The van der Waals surface area contributed by atoms with Gasteiger partial charge in [0.05, 0.1) is 16.6 Å². The van der Waals surface area contributed by atoms with E-state index in [1.54, 1.807) is 19.9 Å². The number of aryl methyl sites for hydroxylation is 1. The fraction of sp³-hybridized carbons (Fsp3) is 0.167. The molecule has 0 spiro atoms. The van der Waals surface area contributed by atoms with E-state index in [0.29, 0.717) is 27.4 Å². The first-order valence-corrected chi connectivity index (χ1v) is 6.64. The second-order valence-corrected chi connectivity index (χ2v) is 5.11. The van der Waals surface area contributed by atoms with E-state index < -0.39 is 4.92 Å². The maximum absolute atomic E-state index is 10.9. The van der Waals surface area contributed by atoms with E-state index >= 15 is 0 Å². The predicted octanol–water partition coefficient (Wildman–Crippen LogP) is 2.84. The Labute approximate surface area is 128 Å². The van der Waals surface area contributed by atoms with Crippen molar-refractivity contribution in [1.29, 1.82) is 0 Å². The molecule has 0 saturated carbocycles. The molecular formula is C12H12BrN5O3. The number of nitro benzene ring substituents is 1. The Bertz CT molecular complexity index is 708.